The lowest BCUT2D eigenvalue weighted by Gasteiger charge is -2.14. The van der Waals surface area contributed by atoms with Gasteiger partial charge in [0.25, 0.3) is 0 Å². The normalized spacial score (nSPS) is 11.4. The molecule has 0 amide bonds. The number of benzene rings is 1. The largest absolute Gasteiger partial charge is 0.243 e. The zero-order valence-electron chi connectivity index (χ0n) is 8.44. The second-order valence-electron chi connectivity index (χ2n) is 3.04. The summed E-state index contributed by atoms with van der Waals surface area (Å²) in [5.41, 5.74) is 0. The zero-order chi connectivity index (χ0) is 12.3. The van der Waals surface area contributed by atoms with Gasteiger partial charge < -0.3 is 0 Å². The van der Waals surface area contributed by atoms with Crippen molar-refractivity contribution < 1.29 is 8.42 Å². The van der Waals surface area contributed by atoms with Crippen molar-refractivity contribution in [3.05, 3.63) is 27.7 Å². The summed E-state index contributed by atoms with van der Waals surface area (Å²) in [6.45, 7) is 0.0303. The van der Waals surface area contributed by atoms with Crippen LogP contribution in [0.15, 0.2) is 27.6 Å². The molecule has 1 aromatic carbocycles. The van der Waals surface area contributed by atoms with Crippen LogP contribution in [0.1, 0.15) is 0 Å². The Morgan fingerprint density at radius 1 is 1.56 bits per heavy atom. The summed E-state index contributed by atoms with van der Waals surface area (Å²) in [5, 5.41) is 0.457. The minimum atomic E-state index is -3.54. The van der Waals surface area contributed by atoms with Gasteiger partial charge in [-0.1, -0.05) is 17.5 Å². The number of sulfonamides is 1. The molecule has 0 aliphatic heterocycles. The highest BCUT2D eigenvalue weighted by atomic mass is 79.9. The third-order valence-electron chi connectivity index (χ3n) is 1.91. The molecule has 0 fully saturated rings. The summed E-state index contributed by atoms with van der Waals surface area (Å²) in [6, 6.07) is 4.41. The molecule has 3 nitrogen and oxygen atoms in total. The second kappa shape index (κ2) is 5.19. The van der Waals surface area contributed by atoms with Crippen molar-refractivity contribution in [3.63, 3.8) is 0 Å². The van der Waals surface area contributed by atoms with Crippen LogP contribution in [0.25, 0.3) is 0 Å². The van der Waals surface area contributed by atoms with E-state index in [1.807, 2.05) is 0 Å². The third-order valence-corrected chi connectivity index (χ3v) is 4.93. The van der Waals surface area contributed by atoms with Crippen molar-refractivity contribution in [1.29, 1.82) is 0 Å². The molecule has 0 aliphatic carbocycles. The molecule has 0 unspecified atom stereocenters. The highest BCUT2D eigenvalue weighted by Crippen LogP contribution is 2.26. The molecule has 1 aromatic rings. The Bertz CT molecular complexity index is 536. The van der Waals surface area contributed by atoms with Gasteiger partial charge in [-0.05, 0) is 34.1 Å². The summed E-state index contributed by atoms with van der Waals surface area (Å²) in [5.74, 6) is 2.28. The SMILES string of the molecule is C#CCN(C)S(=O)(=O)c1ccc(Cl)c(Br)c1. The van der Waals surface area contributed by atoms with Crippen LogP contribution in [-0.2, 0) is 10.0 Å². The van der Waals surface area contributed by atoms with Crippen molar-refractivity contribution in [1.82, 2.24) is 4.31 Å². The quantitative estimate of drug-likeness (QED) is 0.801. The van der Waals surface area contributed by atoms with Crippen LogP contribution < -0.4 is 0 Å². The fourth-order valence-corrected chi connectivity index (χ4v) is 2.79. The molecule has 0 bridgehead atoms. The van der Waals surface area contributed by atoms with Crippen LogP contribution in [-0.4, -0.2) is 26.3 Å². The first-order valence-electron chi connectivity index (χ1n) is 4.24. The maximum absolute atomic E-state index is 12.0. The van der Waals surface area contributed by atoms with Gasteiger partial charge in [0, 0.05) is 11.5 Å². The summed E-state index contributed by atoms with van der Waals surface area (Å²) < 4.78 is 25.5. The Labute approximate surface area is 109 Å². The van der Waals surface area contributed by atoms with Gasteiger partial charge in [0.2, 0.25) is 10.0 Å². The topological polar surface area (TPSA) is 37.4 Å². The molecule has 0 saturated heterocycles. The Hall–Kier alpha value is -0.540. The first-order chi connectivity index (χ1) is 7.39. The molecule has 0 saturated carbocycles. The number of hydrogen-bond acceptors (Lipinski definition) is 2. The maximum atomic E-state index is 12.0. The lowest BCUT2D eigenvalue weighted by atomic mass is 10.4. The minimum Gasteiger partial charge on any atom is -0.207 e. The van der Waals surface area contributed by atoms with E-state index in [0.717, 1.165) is 4.31 Å². The number of hydrogen-bond donors (Lipinski definition) is 0. The third kappa shape index (κ3) is 2.77. The molecule has 86 valence electrons. The van der Waals surface area contributed by atoms with Crippen LogP contribution in [0.3, 0.4) is 0 Å². The van der Waals surface area contributed by atoms with Crippen molar-refractivity contribution in [3.8, 4) is 12.3 Å². The Balaban J connectivity index is 3.18. The van der Waals surface area contributed by atoms with Gasteiger partial charge in [-0.15, -0.1) is 6.42 Å². The van der Waals surface area contributed by atoms with Crippen molar-refractivity contribution in [2.45, 2.75) is 4.90 Å². The zero-order valence-corrected chi connectivity index (χ0v) is 11.6. The monoisotopic (exact) mass is 321 g/mol. The van der Waals surface area contributed by atoms with Crippen LogP contribution in [0.4, 0.5) is 0 Å². The molecule has 0 spiro atoms. The van der Waals surface area contributed by atoms with Gasteiger partial charge in [0.1, 0.15) is 0 Å². The number of terminal acetylenes is 1. The first-order valence-corrected chi connectivity index (χ1v) is 6.85. The van der Waals surface area contributed by atoms with E-state index in [1.54, 1.807) is 0 Å². The summed E-state index contributed by atoms with van der Waals surface area (Å²) >= 11 is 8.96. The van der Waals surface area contributed by atoms with Gasteiger partial charge in [-0.25, -0.2) is 8.42 Å². The smallest absolute Gasteiger partial charge is 0.207 e. The molecular formula is C10H9BrClNO2S. The van der Waals surface area contributed by atoms with E-state index in [9.17, 15) is 8.42 Å². The fourth-order valence-electron chi connectivity index (χ4n) is 1.03. The minimum absolute atomic E-state index is 0.0303. The van der Waals surface area contributed by atoms with E-state index < -0.39 is 10.0 Å². The number of rotatable bonds is 3. The van der Waals surface area contributed by atoms with Crippen LogP contribution in [0, 0.1) is 12.3 Å². The highest BCUT2D eigenvalue weighted by molar-refractivity contribution is 9.10. The molecule has 0 aromatic heterocycles. The molecule has 0 aliphatic rings. The molecule has 0 N–H and O–H groups in total. The van der Waals surface area contributed by atoms with Crippen LogP contribution in [0.5, 0.6) is 0 Å². The lowest BCUT2D eigenvalue weighted by Crippen LogP contribution is -2.27. The molecule has 1 rings (SSSR count). The first kappa shape index (κ1) is 13.5. The molecule has 16 heavy (non-hydrogen) atoms. The van der Waals surface area contributed by atoms with E-state index in [0.29, 0.717) is 9.50 Å². The van der Waals surface area contributed by atoms with E-state index in [1.165, 1.54) is 25.2 Å². The molecule has 6 heteroatoms. The number of halogens is 2. The maximum Gasteiger partial charge on any atom is 0.243 e. The van der Waals surface area contributed by atoms with Gasteiger partial charge >= 0.3 is 0 Å². The second-order valence-corrected chi connectivity index (χ2v) is 6.35. The van der Waals surface area contributed by atoms with Gasteiger partial charge in [0.05, 0.1) is 16.5 Å². The summed E-state index contributed by atoms with van der Waals surface area (Å²) in [6.07, 6.45) is 5.07. The predicted molar refractivity (Wildman–Crippen MR) is 67.8 cm³/mol. The van der Waals surface area contributed by atoms with E-state index in [2.05, 4.69) is 21.9 Å². The van der Waals surface area contributed by atoms with Crippen LogP contribution in [0.2, 0.25) is 5.02 Å². The Kier molecular flexibility index (Phi) is 4.39. The predicted octanol–water partition coefficient (Wildman–Crippen LogP) is 2.36. The standard InChI is InChI=1S/C10H9BrClNO2S/c1-3-6-13(2)16(14,15)8-4-5-10(12)9(11)7-8/h1,4-5,7H,6H2,2H3. The Morgan fingerprint density at radius 2 is 2.19 bits per heavy atom. The van der Waals surface area contributed by atoms with Crippen molar-refractivity contribution in [2.75, 3.05) is 13.6 Å². The van der Waals surface area contributed by atoms with E-state index in [-0.39, 0.29) is 11.4 Å². The summed E-state index contributed by atoms with van der Waals surface area (Å²) in [4.78, 5) is 0.154. The van der Waals surface area contributed by atoms with Crippen molar-refractivity contribution >= 4 is 37.6 Å². The lowest BCUT2D eigenvalue weighted by molar-refractivity contribution is 0.503. The van der Waals surface area contributed by atoms with Crippen molar-refractivity contribution in [2.24, 2.45) is 0 Å². The fraction of sp³-hybridized carbons (Fsp3) is 0.200. The molecule has 0 radical (unpaired) electrons. The molecule has 0 heterocycles. The van der Waals surface area contributed by atoms with Gasteiger partial charge in [-0.2, -0.15) is 4.31 Å². The van der Waals surface area contributed by atoms with Gasteiger partial charge in [-0.3, -0.25) is 0 Å². The van der Waals surface area contributed by atoms with Gasteiger partial charge in [0.15, 0.2) is 0 Å². The van der Waals surface area contributed by atoms with Crippen LogP contribution >= 0.6 is 27.5 Å². The average Bonchev–Trinajstić information content (AvgIpc) is 2.22. The number of nitrogens with zero attached hydrogens (tertiary/aromatic N) is 1. The average molecular weight is 323 g/mol. The Morgan fingerprint density at radius 3 is 2.69 bits per heavy atom. The highest BCUT2D eigenvalue weighted by Gasteiger charge is 2.20. The van der Waals surface area contributed by atoms with E-state index >= 15 is 0 Å². The molecule has 0 atom stereocenters. The van der Waals surface area contributed by atoms with E-state index in [4.69, 9.17) is 18.0 Å². The molecular weight excluding hydrogens is 314 g/mol. The summed E-state index contributed by atoms with van der Waals surface area (Å²) in [7, 11) is -2.11.